The van der Waals surface area contributed by atoms with E-state index in [1.807, 2.05) is 35.2 Å². The average molecular weight is 357 g/mol. The van der Waals surface area contributed by atoms with E-state index in [0.717, 1.165) is 50.3 Å². The van der Waals surface area contributed by atoms with Crippen molar-refractivity contribution in [1.82, 2.24) is 9.80 Å². The normalized spacial score (nSPS) is 19.8. The summed E-state index contributed by atoms with van der Waals surface area (Å²) < 4.78 is 0. The summed E-state index contributed by atoms with van der Waals surface area (Å²) in [6.07, 6.45) is 4.35. The van der Waals surface area contributed by atoms with Crippen LogP contribution in [0.4, 0.5) is 0 Å². The molecule has 0 bridgehead atoms. The Hall–Kier alpha value is -1.84. The first kappa shape index (κ1) is 18.9. The SMILES string of the molecule is CC(C)C1CCN(C(=O)C2CCN(C(=O)Cc3ccccc3)CC2)CC1. The van der Waals surface area contributed by atoms with Crippen molar-refractivity contribution in [2.45, 2.75) is 46.0 Å². The molecule has 0 unspecified atom stereocenters. The van der Waals surface area contributed by atoms with Crippen molar-refractivity contribution in [3.8, 4) is 0 Å². The third-order valence-corrected chi connectivity index (χ3v) is 6.19. The minimum absolute atomic E-state index is 0.103. The molecule has 4 heteroatoms. The molecule has 2 aliphatic heterocycles. The van der Waals surface area contributed by atoms with Crippen molar-refractivity contribution in [2.75, 3.05) is 26.2 Å². The first-order valence-electron chi connectivity index (χ1n) is 10.1. The first-order chi connectivity index (χ1) is 12.5. The maximum atomic E-state index is 12.8. The Balaban J connectivity index is 1.45. The Morgan fingerprint density at radius 3 is 2.08 bits per heavy atom. The lowest BCUT2D eigenvalue weighted by atomic mass is 9.86. The van der Waals surface area contributed by atoms with E-state index in [0.29, 0.717) is 31.3 Å². The van der Waals surface area contributed by atoms with Crippen LogP contribution in [0.1, 0.15) is 45.1 Å². The predicted molar refractivity (Wildman–Crippen MR) is 104 cm³/mol. The fourth-order valence-corrected chi connectivity index (χ4v) is 4.30. The third kappa shape index (κ3) is 4.66. The number of hydrogen-bond donors (Lipinski definition) is 0. The van der Waals surface area contributed by atoms with Crippen molar-refractivity contribution in [1.29, 1.82) is 0 Å². The summed E-state index contributed by atoms with van der Waals surface area (Å²) in [4.78, 5) is 29.3. The minimum Gasteiger partial charge on any atom is -0.342 e. The molecule has 4 nitrogen and oxygen atoms in total. The van der Waals surface area contributed by atoms with Crippen LogP contribution in [0.25, 0.3) is 0 Å². The number of nitrogens with zero attached hydrogens (tertiary/aromatic N) is 2. The molecule has 0 N–H and O–H groups in total. The zero-order valence-electron chi connectivity index (χ0n) is 16.2. The molecule has 2 aliphatic rings. The van der Waals surface area contributed by atoms with E-state index in [9.17, 15) is 9.59 Å². The van der Waals surface area contributed by atoms with Crippen LogP contribution in [-0.2, 0) is 16.0 Å². The lowest BCUT2D eigenvalue weighted by Crippen LogP contribution is -2.47. The second kappa shape index (κ2) is 8.70. The lowest BCUT2D eigenvalue weighted by molar-refractivity contribution is -0.141. The molecule has 2 saturated heterocycles. The van der Waals surface area contributed by atoms with Crippen LogP contribution in [0.3, 0.4) is 0 Å². The van der Waals surface area contributed by atoms with E-state index < -0.39 is 0 Å². The fraction of sp³-hybridized carbons (Fsp3) is 0.636. The van der Waals surface area contributed by atoms with Crippen LogP contribution in [0.5, 0.6) is 0 Å². The van der Waals surface area contributed by atoms with Gasteiger partial charge in [0.15, 0.2) is 0 Å². The number of amides is 2. The van der Waals surface area contributed by atoms with Gasteiger partial charge in [0.25, 0.3) is 0 Å². The number of benzene rings is 1. The summed E-state index contributed by atoms with van der Waals surface area (Å²) in [5.74, 6) is 2.08. The summed E-state index contributed by atoms with van der Waals surface area (Å²) in [5.41, 5.74) is 1.06. The van der Waals surface area contributed by atoms with Crippen LogP contribution in [-0.4, -0.2) is 47.8 Å². The van der Waals surface area contributed by atoms with Gasteiger partial charge in [-0.2, -0.15) is 0 Å². The van der Waals surface area contributed by atoms with Gasteiger partial charge in [0.2, 0.25) is 11.8 Å². The fourth-order valence-electron chi connectivity index (χ4n) is 4.30. The molecule has 142 valence electrons. The molecule has 3 rings (SSSR count). The van der Waals surface area contributed by atoms with Crippen LogP contribution < -0.4 is 0 Å². The quantitative estimate of drug-likeness (QED) is 0.830. The van der Waals surface area contributed by atoms with Crippen LogP contribution in [0.15, 0.2) is 30.3 Å². The van der Waals surface area contributed by atoms with Gasteiger partial charge in [-0.05, 0) is 43.1 Å². The minimum atomic E-state index is 0.103. The van der Waals surface area contributed by atoms with Crippen molar-refractivity contribution in [3.63, 3.8) is 0 Å². The molecular weight excluding hydrogens is 324 g/mol. The largest absolute Gasteiger partial charge is 0.342 e. The molecule has 26 heavy (non-hydrogen) atoms. The monoisotopic (exact) mass is 356 g/mol. The van der Waals surface area contributed by atoms with Gasteiger partial charge in [0.05, 0.1) is 6.42 Å². The highest BCUT2D eigenvalue weighted by atomic mass is 16.2. The van der Waals surface area contributed by atoms with Crippen LogP contribution in [0, 0.1) is 17.8 Å². The van der Waals surface area contributed by atoms with Crippen LogP contribution in [0.2, 0.25) is 0 Å². The summed E-state index contributed by atoms with van der Waals surface area (Å²) in [6.45, 7) is 7.81. The van der Waals surface area contributed by atoms with Gasteiger partial charge in [0, 0.05) is 32.1 Å². The highest BCUT2D eigenvalue weighted by molar-refractivity contribution is 5.81. The number of carbonyl (C=O) groups excluding carboxylic acids is 2. The maximum absolute atomic E-state index is 12.8. The van der Waals surface area contributed by atoms with Crippen molar-refractivity contribution >= 4 is 11.8 Å². The topological polar surface area (TPSA) is 40.6 Å². The molecule has 0 atom stereocenters. The summed E-state index contributed by atoms with van der Waals surface area (Å²) in [7, 11) is 0. The molecule has 2 fully saturated rings. The molecule has 0 radical (unpaired) electrons. The predicted octanol–water partition coefficient (Wildman–Crippen LogP) is 3.36. The van der Waals surface area contributed by atoms with Crippen molar-refractivity contribution in [3.05, 3.63) is 35.9 Å². The number of likely N-dealkylation sites (tertiary alicyclic amines) is 2. The molecule has 2 amide bonds. The molecule has 1 aromatic rings. The standard InChI is InChI=1S/C22H32N2O2/c1-17(2)19-8-14-24(15-9-19)22(26)20-10-12-23(13-11-20)21(25)16-18-6-4-3-5-7-18/h3-7,17,19-20H,8-16H2,1-2H3. The Morgan fingerprint density at radius 1 is 0.923 bits per heavy atom. The summed E-state index contributed by atoms with van der Waals surface area (Å²) >= 11 is 0. The van der Waals surface area contributed by atoms with Crippen LogP contribution >= 0.6 is 0 Å². The van der Waals surface area contributed by atoms with Crippen molar-refractivity contribution < 1.29 is 9.59 Å². The zero-order chi connectivity index (χ0) is 18.5. The van der Waals surface area contributed by atoms with E-state index in [-0.39, 0.29) is 11.8 Å². The van der Waals surface area contributed by atoms with Gasteiger partial charge >= 0.3 is 0 Å². The van der Waals surface area contributed by atoms with E-state index in [1.165, 1.54) is 0 Å². The second-order valence-corrected chi connectivity index (χ2v) is 8.22. The van der Waals surface area contributed by atoms with Gasteiger partial charge in [-0.1, -0.05) is 44.2 Å². The number of piperidine rings is 2. The Labute approximate surface area is 157 Å². The van der Waals surface area contributed by atoms with E-state index in [4.69, 9.17) is 0 Å². The maximum Gasteiger partial charge on any atom is 0.226 e. The van der Waals surface area contributed by atoms with E-state index >= 15 is 0 Å². The molecule has 0 spiro atoms. The number of rotatable bonds is 4. The number of carbonyl (C=O) groups is 2. The molecular formula is C22H32N2O2. The number of hydrogen-bond acceptors (Lipinski definition) is 2. The molecule has 0 aromatic heterocycles. The van der Waals surface area contributed by atoms with Gasteiger partial charge < -0.3 is 9.80 Å². The van der Waals surface area contributed by atoms with Gasteiger partial charge in [-0.15, -0.1) is 0 Å². The summed E-state index contributed by atoms with van der Waals surface area (Å²) in [5, 5.41) is 0. The average Bonchev–Trinajstić information content (AvgIpc) is 2.68. The molecule has 0 saturated carbocycles. The Kier molecular flexibility index (Phi) is 6.33. The zero-order valence-corrected chi connectivity index (χ0v) is 16.2. The van der Waals surface area contributed by atoms with E-state index in [1.54, 1.807) is 0 Å². The molecule has 1 aromatic carbocycles. The van der Waals surface area contributed by atoms with E-state index in [2.05, 4.69) is 18.7 Å². The van der Waals surface area contributed by atoms with Gasteiger partial charge in [0.1, 0.15) is 0 Å². The summed E-state index contributed by atoms with van der Waals surface area (Å²) in [6, 6.07) is 9.89. The smallest absolute Gasteiger partial charge is 0.226 e. The highest BCUT2D eigenvalue weighted by Crippen LogP contribution is 2.27. The van der Waals surface area contributed by atoms with Gasteiger partial charge in [-0.3, -0.25) is 9.59 Å². The Morgan fingerprint density at radius 2 is 1.50 bits per heavy atom. The first-order valence-corrected chi connectivity index (χ1v) is 10.1. The lowest BCUT2D eigenvalue weighted by Gasteiger charge is -2.38. The second-order valence-electron chi connectivity index (χ2n) is 8.22. The highest BCUT2D eigenvalue weighted by Gasteiger charge is 2.32. The third-order valence-electron chi connectivity index (χ3n) is 6.19. The van der Waals surface area contributed by atoms with Crippen molar-refractivity contribution in [2.24, 2.45) is 17.8 Å². The molecule has 2 heterocycles. The molecule has 0 aliphatic carbocycles. The van der Waals surface area contributed by atoms with Gasteiger partial charge in [-0.25, -0.2) is 0 Å². The Bertz CT molecular complexity index is 598.